The van der Waals surface area contributed by atoms with Gasteiger partial charge in [-0.25, -0.2) is 14.6 Å². The largest absolute Gasteiger partial charge is 0.478 e. The van der Waals surface area contributed by atoms with Crippen LogP contribution >= 0.6 is 0 Å². The molecule has 4 nitrogen and oxygen atoms in total. The van der Waals surface area contributed by atoms with Gasteiger partial charge >= 0.3 is 5.97 Å². The third kappa shape index (κ3) is 2.28. The normalized spacial score (nSPS) is 9.21. The number of rotatable bonds is 3. The van der Waals surface area contributed by atoms with Gasteiger partial charge in [-0.1, -0.05) is 6.07 Å². The molecule has 0 spiro atoms. The molecular weight excluding hydrogens is 182 g/mol. The lowest BCUT2D eigenvalue weighted by Gasteiger charge is -2.02. The van der Waals surface area contributed by atoms with E-state index >= 15 is 0 Å². The second kappa shape index (κ2) is 4.35. The first-order valence-electron chi connectivity index (χ1n) is 4.01. The maximum atomic E-state index is 10.6. The molecule has 4 heteroatoms. The number of aryl methyl sites for hydroxylation is 1. The molecule has 0 atom stereocenters. The van der Waals surface area contributed by atoms with E-state index in [2.05, 4.69) is 4.99 Å². The van der Waals surface area contributed by atoms with Crippen molar-refractivity contribution < 1.29 is 14.7 Å². The van der Waals surface area contributed by atoms with Gasteiger partial charge in [0.25, 0.3) is 0 Å². The maximum Gasteiger partial charge on any atom is 0.335 e. The zero-order valence-electron chi connectivity index (χ0n) is 7.65. The summed E-state index contributed by atoms with van der Waals surface area (Å²) in [5, 5.41) is 8.69. The smallest absolute Gasteiger partial charge is 0.335 e. The third-order valence-electron chi connectivity index (χ3n) is 1.90. The Hall–Kier alpha value is -1.93. The highest BCUT2D eigenvalue weighted by atomic mass is 16.4. The number of carboxylic acid groups (broad SMARTS) is 1. The van der Waals surface area contributed by atoms with Gasteiger partial charge in [0.2, 0.25) is 6.08 Å². The van der Waals surface area contributed by atoms with Crippen molar-refractivity contribution in [3.8, 4) is 0 Å². The van der Waals surface area contributed by atoms with Crippen LogP contribution in [0.5, 0.6) is 0 Å². The molecule has 1 rings (SSSR count). The molecule has 0 unspecified atom stereocenters. The van der Waals surface area contributed by atoms with Crippen molar-refractivity contribution in [2.75, 3.05) is 0 Å². The Labute approximate surface area is 80.9 Å². The SMILES string of the molecule is Cc1cc(C(=O)O)ccc1CN=C=O. The Morgan fingerprint density at radius 2 is 2.29 bits per heavy atom. The number of hydrogen-bond donors (Lipinski definition) is 1. The average Bonchev–Trinajstić information content (AvgIpc) is 2.15. The maximum absolute atomic E-state index is 10.6. The summed E-state index contributed by atoms with van der Waals surface area (Å²) in [4.78, 5) is 23.9. The summed E-state index contributed by atoms with van der Waals surface area (Å²) in [7, 11) is 0. The molecule has 0 heterocycles. The monoisotopic (exact) mass is 191 g/mol. The van der Waals surface area contributed by atoms with E-state index in [0.29, 0.717) is 0 Å². The fourth-order valence-electron chi connectivity index (χ4n) is 1.12. The fourth-order valence-corrected chi connectivity index (χ4v) is 1.12. The minimum absolute atomic E-state index is 0.237. The third-order valence-corrected chi connectivity index (χ3v) is 1.90. The van der Waals surface area contributed by atoms with Crippen molar-refractivity contribution >= 4 is 12.0 Å². The Morgan fingerprint density at radius 1 is 1.57 bits per heavy atom. The van der Waals surface area contributed by atoms with Gasteiger partial charge in [0, 0.05) is 0 Å². The Morgan fingerprint density at radius 3 is 2.79 bits per heavy atom. The molecule has 0 saturated carbocycles. The van der Waals surface area contributed by atoms with Gasteiger partial charge in [0.05, 0.1) is 12.1 Å². The second-order valence-corrected chi connectivity index (χ2v) is 2.85. The van der Waals surface area contributed by atoms with Crippen LogP contribution in [0.2, 0.25) is 0 Å². The summed E-state index contributed by atoms with van der Waals surface area (Å²) in [6.45, 7) is 2.03. The van der Waals surface area contributed by atoms with Gasteiger partial charge in [0.1, 0.15) is 0 Å². The number of carbonyl (C=O) groups excluding carboxylic acids is 1. The lowest BCUT2D eigenvalue weighted by molar-refractivity contribution is 0.0697. The highest BCUT2D eigenvalue weighted by molar-refractivity contribution is 5.87. The van der Waals surface area contributed by atoms with Crippen molar-refractivity contribution in [3.05, 3.63) is 34.9 Å². The van der Waals surface area contributed by atoms with Crippen LogP contribution in [0.1, 0.15) is 21.5 Å². The van der Waals surface area contributed by atoms with Crippen molar-refractivity contribution in [2.45, 2.75) is 13.5 Å². The number of carboxylic acids is 1. The molecule has 72 valence electrons. The van der Waals surface area contributed by atoms with E-state index in [1.807, 2.05) is 0 Å². The lowest BCUT2D eigenvalue weighted by atomic mass is 10.1. The second-order valence-electron chi connectivity index (χ2n) is 2.85. The van der Waals surface area contributed by atoms with E-state index in [1.165, 1.54) is 12.1 Å². The van der Waals surface area contributed by atoms with Crippen molar-refractivity contribution in [3.63, 3.8) is 0 Å². The van der Waals surface area contributed by atoms with Gasteiger partial charge in [-0.05, 0) is 30.2 Å². The van der Waals surface area contributed by atoms with Crippen molar-refractivity contribution in [2.24, 2.45) is 4.99 Å². The van der Waals surface area contributed by atoms with E-state index in [0.717, 1.165) is 11.1 Å². The number of nitrogens with zero attached hydrogens (tertiary/aromatic N) is 1. The molecule has 0 aliphatic carbocycles. The highest BCUT2D eigenvalue weighted by Crippen LogP contribution is 2.11. The molecule has 0 aromatic heterocycles. The summed E-state index contributed by atoms with van der Waals surface area (Å²) < 4.78 is 0. The first-order valence-corrected chi connectivity index (χ1v) is 4.01. The van der Waals surface area contributed by atoms with E-state index in [4.69, 9.17) is 5.11 Å². The molecular formula is C10H9NO3. The molecule has 0 amide bonds. The van der Waals surface area contributed by atoms with Gasteiger partial charge < -0.3 is 5.11 Å². The van der Waals surface area contributed by atoms with Crippen LogP contribution in [0.25, 0.3) is 0 Å². The average molecular weight is 191 g/mol. The van der Waals surface area contributed by atoms with E-state index in [9.17, 15) is 9.59 Å². The van der Waals surface area contributed by atoms with Gasteiger partial charge in [-0.3, -0.25) is 0 Å². The number of isocyanates is 1. The predicted octanol–water partition coefficient (Wildman–Crippen LogP) is 1.53. The van der Waals surface area contributed by atoms with E-state index in [-0.39, 0.29) is 12.1 Å². The highest BCUT2D eigenvalue weighted by Gasteiger charge is 2.04. The Balaban J connectivity index is 3.00. The van der Waals surface area contributed by atoms with Crippen LogP contribution in [0.15, 0.2) is 23.2 Å². The van der Waals surface area contributed by atoms with Crippen molar-refractivity contribution in [1.82, 2.24) is 0 Å². The van der Waals surface area contributed by atoms with Crippen LogP contribution in [-0.4, -0.2) is 17.2 Å². The number of benzene rings is 1. The summed E-state index contributed by atoms with van der Waals surface area (Å²) in [6, 6.07) is 4.70. The topological polar surface area (TPSA) is 66.7 Å². The quantitative estimate of drug-likeness (QED) is 0.582. The molecule has 1 aromatic carbocycles. The minimum atomic E-state index is -0.960. The first kappa shape index (κ1) is 10.2. The fraction of sp³-hybridized carbons (Fsp3) is 0.200. The van der Waals surface area contributed by atoms with E-state index in [1.54, 1.807) is 19.1 Å². The van der Waals surface area contributed by atoms with Crippen LogP contribution in [0.3, 0.4) is 0 Å². The summed E-state index contributed by atoms with van der Waals surface area (Å²) in [5.41, 5.74) is 1.88. The molecule has 1 N–H and O–H groups in total. The summed E-state index contributed by atoms with van der Waals surface area (Å²) >= 11 is 0. The zero-order valence-corrected chi connectivity index (χ0v) is 7.65. The van der Waals surface area contributed by atoms with Crippen LogP contribution in [-0.2, 0) is 11.3 Å². The lowest BCUT2D eigenvalue weighted by Crippen LogP contribution is -1.98. The summed E-state index contributed by atoms with van der Waals surface area (Å²) in [5.74, 6) is -0.960. The molecule has 0 fully saturated rings. The minimum Gasteiger partial charge on any atom is -0.478 e. The standard InChI is InChI=1S/C10H9NO3/c1-7-4-8(10(13)14)2-3-9(7)5-11-6-12/h2-4H,5H2,1H3,(H,13,14). The number of carbonyl (C=O) groups is 1. The van der Waals surface area contributed by atoms with Crippen molar-refractivity contribution in [1.29, 1.82) is 0 Å². The van der Waals surface area contributed by atoms with Gasteiger partial charge in [-0.15, -0.1) is 0 Å². The Bertz CT molecular complexity index is 406. The van der Waals surface area contributed by atoms with Crippen LogP contribution in [0.4, 0.5) is 0 Å². The zero-order chi connectivity index (χ0) is 10.6. The molecule has 0 bridgehead atoms. The predicted molar refractivity (Wildman–Crippen MR) is 50.0 cm³/mol. The molecule has 0 radical (unpaired) electrons. The number of aliphatic imine (C=N–C) groups is 1. The van der Waals surface area contributed by atoms with E-state index < -0.39 is 5.97 Å². The van der Waals surface area contributed by atoms with Crippen LogP contribution in [0, 0.1) is 6.92 Å². The van der Waals surface area contributed by atoms with Gasteiger partial charge in [0.15, 0.2) is 0 Å². The summed E-state index contributed by atoms with van der Waals surface area (Å²) in [6.07, 6.45) is 1.44. The number of hydrogen-bond acceptors (Lipinski definition) is 3. The Kier molecular flexibility index (Phi) is 3.15. The van der Waals surface area contributed by atoms with Crippen LogP contribution < -0.4 is 0 Å². The molecule has 0 saturated heterocycles. The number of aromatic carboxylic acids is 1. The molecule has 0 aliphatic rings. The molecule has 14 heavy (non-hydrogen) atoms. The first-order chi connectivity index (χ1) is 6.65. The molecule has 0 aliphatic heterocycles. The van der Waals surface area contributed by atoms with Gasteiger partial charge in [-0.2, -0.15) is 0 Å². The molecule has 1 aromatic rings.